The summed E-state index contributed by atoms with van der Waals surface area (Å²) in [5.41, 5.74) is 0. The molecule has 70 valence electrons. The first-order valence-electron chi connectivity index (χ1n) is 4.45. The van der Waals surface area contributed by atoms with Crippen LogP contribution < -0.4 is 0 Å². The van der Waals surface area contributed by atoms with Gasteiger partial charge in [-0.15, -0.1) is 0 Å². The van der Waals surface area contributed by atoms with Gasteiger partial charge in [0, 0.05) is 4.75 Å². The van der Waals surface area contributed by atoms with E-state index in [1.807, 2.05) is 6.26 Å². The smallest absolute Gasteiger partial charge is 0.304 e. The van der Waals surface area contributed by atoms with Crippen molar-refractivity contribution in [1.29, 1.82) is 0 Å². The van der Waals surface area contributed by atoms with Gasteiger partial charge in [-0.05, 0) is 19.1 Å². The minimum atomic E-state index is -0.647. The van der Waals surface area contributed by atoms with Crippen LogP contribution in [0.4, 0.5) is 0 Å². The zero-order chi connectivity index (χ0) is 9.03. The minimum Gasteiger partial charge on any atom is -0.481 e. The highest BCUT2D eigenvalue weighted by Gasteiger charge is 2.33. The second-order valence-electron chi connectivity index (χ2n) is 3.52. The third-order valence-corrected chi connectivity index (χ3v) is 4.09. The average molecular weight is 188 g/mol. The van der Waals surface area contributed by atoms with Crippen LogP contribution >= 0.6 is 11.8 Å². The largest absolute Gasteiger partial charge is 0.481 e. The van der Waals surface area contributed by atoms with E-state index in [2.05, 4.69) is 0 Å². The summed E-state index contributed by atoms with van der Waals surface area (Å²) in [6.45, 7) is 0. The molecule has 0 radical (unpaired) electrons. The minimum absolute atomic E-state index is 0.0596. The SMILES string of the molecule is CSC1(CC(=O)O)CCCCC1. The molecular weight excluding hydrogens is 172 g/mol. The maximum absolute atomic E-state index is 10.6. The molecule has 0 aliphatic heterocycles. The van der Waals surface area contributed by atoms with E-state index in [4.69, 9.17) is 5.11 Å². The Hall–Kier alpha value is -0.180. The van der Waals surface area contributed by atoms with Gasteiger partial charge in [0.2, 0.25) is 0 Å². The molecule has 0 saturated heterocycles. The van der Waals surface area contributed by atoms with Gasteiger partial charge in [0.05, 0.1) is 6.42 Å². The number of aliphatic carboxylic acids is 1. The summed E-state index contributed by atoms with van der Waals surface area (Å²) < 4.78 is 0.0596. The van der Waals surface area contributed by atoms with Crippen molar-refractivity contribution in [2.24, 2.45) is 0 Å². The number of carbonyl (C=O) groups is 1. The standard InChI is InChI=1S/C9H16O2S/c1-12-9(7-8(10)11)5-3-2-4-6-9/h2-7H2,1H3,(H,10,11). The van der Waals surface area contributed by atoms with Crippen LogP contribution in [0.25, 0.3) is 0 Å². The Morgan fingerprint density at radius 3 is 2.42 bits per heavy atom. The second kappa shape index (κ2) is 4.17. The molecule has 0 amide bonds. The van der Waals surface area contributed by atoms with Crippen LogP contribution in [0, 0.1) is 0 Å². The lowest BCUT2D eigenvalue weighted by atomic mass is 9.86. The molecule has 2 nitrogen and oxygen atoms in total. The van der Waals surface area contributed by atoms with E-state index >= 15 is 0 Å². The molecule has 0 aromatic rings. The number of rotatable bonds is 3. The van der Waals surface area contributed by atoms with Gasteiger partial charge in [-0.25, -0.2) is 0 Å². The zero-order valence-corrected chi connectivity index (χ0v) is 8.32. The lowest BCUT2D eigenvalue weighted by Gasteiger charge is -2.34. The topological polar surface area (TPSA) is 37.3 Å². The fraction of sp³-hybridized carbons (Fsp3) is 0.889. The van der Waals surface area contributed by atoms with E-state index in [0.717, 1.165) is 12.8 Å². The van der Waals surface area contributed by atoms with Gasteiger partial charge in [0.1, 0.15) is 0 Å². The van der Waals surface area contributed by atoms with Crippen molar-refractivity contribution >= 4 is 17.7 Å². The van der Waals surface area contributed by atoms with Crippen LogP contribution in [0.5, 0.6) is 0 Å². The predicted octanol–water partition coefficient (Wildman–Crippen LogP) is 2.53. The van der Waals surface area contributed by atoms with Crippen molar-refractivity contribution in [3.63, 3.8) is 0 Å². The Kier molecular flexibility index (Phi) is 3.44. The molecule has 0 aromatic carbocycles. The Labute approximate surface area is 77.7 Å². The van der Waals surface area contributed by atoms with Crippen molar-refractivity contribution in [1.82, 2.24) is 0 Å². The van der Waals surface area contributed by atoms with E-state index in [-0.39, 0.29) is 4.75 Å². The summed E-state index contributed by atoms with van der Waals surface area (Å²) in [6.07, 6.45) is 8.23. The number of carboxylic acid groups (broad SMARTS) is 1. The molecule has 0 spiro atoms. The van der Waals surface area contributed by atoms with Crippen LogP contribution in [0.3, 0.4) is 0 Å². The molecule has 0 aromatic heterocycles. The number of carboxylic acids is 1. The van der Waals surface area contributed by atoms with Gasteiger partial charge in [-0.1, -0.05) is 19.3 Å². The number of hydrogen-bond acceptors (Lipinski definition) is 2. The van der Waals surface area contributed by atoms with E-state index in [1.165, 1.54) is 19.3 Å². The monoisotopic (exact) mass is 188 g/mol. The molecule has 1 rings (SSSR count). The molecular formula is C9H16O2S. The molecule has 0 heterocycles. The lowest BCUT2D eigenvalue weighted by Crippen LogP contribution is -2.30. The second-order valence-corrected chi connectivity index (χ2v) is 4.79. The molecule has 1 aliphatic rings. The predicted molar refractivity (Wildman–Crippen MR) is 51.6 cm³/mol. The normalized spacial score (nSPS) is 22.1. The fourth-order valence-corrected chi connectivity index (χ4v) is 2.89. The van der Waals surface area contributed by atoms with Gasteiger partial charge in [-0.2, -0.15) is 11.8 Å². The van der Waals surface area contributed by atoms with Crippen LogP contribution in [0.15, 0.2) is 0 Å². The Balaban J connectivity index is 2.53. The van der Waals surface area contributed by atoms with Crippen LogP contribution in [-0.4, -0.2) is 22.1 Å². The van der Waals surface area contributed by atoms with Crippen molar-refractivity contribution in [2.45, 2.75) is 43.3 Å². The average Bonchev–Trinajstić information content (AvgIpc) is 2.05. The highest BCUT2D eigenvalue weighted by Crippen LogP contribution is 2.41. The quantitative estimate of drug-likeness (QED) is 0.739. The van der Waals surface area contributed by atoms with Crippen molar-refractivity contribution in [3.8, 4) is 0 Å². The van der Waals surface area contributed by atoms with Crippen molar-refractivity contribution in [2.75, 3.05) is 6.26 Å². The maximum Gasteiger partial charge on any atom is 0.304 e. The Morgan fingerprint density at radius 2 is 2.00 bits per heavy atom. The molecule has 0 atom stereocenters. The van der Waals surface area contributed by atoms with E-state index < -0.39 is 5.97 Å². The molecule has 1 aliphatic carbocycles. The highest BCUT2D eigenvalue weighted by atomic mass is 32.2. The molecule has 0 bridgehead atoms. The van der Waals surface area contributed by atoms with Gasteiger partial charge < -0.3 is 5.11 Å². The summed E-state index contributed by atoms with van der Waals surface area (Å²) >= 11 is 1.74. The lowest BCUT2D eigenvalue weighted by molar-refractivity contribution is -0.137. The van der Waals surface area contributed by atoms with Gasteiger partial charge in [-0.3, -0.25) is 4.79 Å². The molecule has 0 unspecified atom stereocenters. The molecule has 1 N–H and O–H groups in total. The molecule has 12 heavy (non-hydrogen) atoms. The van der Waals surface area contributed by atoms with E-state index in [0.29, 0.717) is 6.42 Å². The van der Waals surface area contributed by atoms with Gasteiger partial charge >= 0.3 is 5.97 Å². The van der Waals surface area contributed by atoms with Crippen LogP contribution in [0.1, 0.15) is 38.5 Å². The molecule has 1 saturated carbocycles. The zero-order valence-electron chi connectivity index (χ0n) is 7.51. The first kappa shape index (κ1) is 9.90. The van der Waals surface area contributed by atoms with E-state index in [1.54, 1.807) is 11.8 Å². The summed E-state index contributed by atoms with van der Waals surface area (Å²) in [5, 5.41) is 8.75. The maximum atomic E-state index is 10.6. The molecule has 3 heteroatoms. The summed E-state index contributed by atoms with van der Waals surface area (Å²) in [4.78, 5) is 10.6. The highest BCUT2D eigenvalue weighted by molar-refractivity contribution is 8.00. The van der Waals surface area contributed by atoms with Crippen LogP contribution in [-0.2, 0) is 4.79 Å². The summed E-state index contributed by atoms with van der Waals surface area (Å²) in [5.74, 6) is -0.647. The molecule has 1 fully saturated rings. The fourth-order valence-electron chi connectivity index (χ4n) is 1.92. The first-order valence-corrected chi connectivity index (χ1v) is 5.68. The van der Waals surface area contributed by atoms with Gasteiger partial charge in [0.15, 0.2) is 0 Å². The van der Waals surface area contributed by atoms with E-state index in [9.17, 15) is 4.79 Å². The van der Waals surface area contributed by atoms with Crippen molar-refractivity contribution < 1.29 is 9.90 Å². The third-order valence-electron chi connectivity index (χ3n) is 2.67. The first-order chi connectivity index (χ1) is 5.68. The number of thioether (sulfide) groups is 1. The summed E-state index contributed by atoms with van der Waals surface area (Å²) in [7, 11) is 0. The summed E-state index contributed by atoms with van der Waals surface area (Å²) in [6, 6.07) is 0. The van der Waals surface area contributed by atoms with Crippen LogP contribution in [0.2, 0.25) is 0 Å². The number of hydrogen-bond donors (Lipinski definition) is 1. The van der Waals surface area contributed by atoms with Crippen molar-refractivity contribution in [3.05, 3.63) is 0 Å². The Bertz CT molecular complexity index is 162. The third kappa shape index (κ3) is 2.41. The Morgan fingerprint density at radius 1 is 1.42 bits per heavy atom. The van der Waals surface area contributed by atoms with Gasteiger partial charge in [0.25, 0.3) is 0 Å².